The van der Waals surface area contributed by atoms with Gasteiger partial charge in [0.15, 0.2) is 11.9 Å². The molecular weight excluding hydrogens is 180 g/mol. The Hall–Kier alpha value is -0.240. The molecule has 0 radical (unpaired) electrons. The van der Waals surface area contributed by atoms with Crippen molar-refractivity contribution in [2.24, 2.45) is 0 Å². The molecule has 1 rings (SSSR count). The lowest BCUT2D eigenvalue weighted by atomic mass is 9.90. The number of ether oxygens (including phenoxy) is 2. The molecule has 0 bridgehead atoms. The molecule has 0 aromatic carbocycles. The molecule has 0 aromatic rings. The summed E-state index contributed by atoms with van der Waals surface area (Å²) in [5.41, 5.74) is -1.97. The molecule has 6 heteroatoms. The van der Waals surface area contributed by atoms with Gasteiger partial charge in [0.25, 0.3) is 0 Å². The Balaban J connectivity index is 2.80. The molecule has 0 spiro atoms. The van der Waals surface area contributed by atoms with E-state index in [1.807, 2.05) is 0 Å². The van der Waals surface area contributed by atoms with E-state index in [2.05, 4.69) is 0 Å². The number of hydrogen-bond acceptors (Lipinski definition) is 6. The lowest BCUT2D eigenvalue weighted by molar-refractivity contribution is -0.317. The second kappa shape index (κ2) is 3.87. The largest absolute Gasteiger partial charge is 0.393 e. The molecule has 4 N–H and O–H groups in total. The van der Waals surface area contributed by atoms with E-state index < -0.39 is 30.7 Å². The van der Waals surface area contributed by atoms with Crippen molar-refractivity contribution in [3.63, 3.8) is 0 Å². The molecule has 4 atom stereocenters. The highest BCUT2D eigenvalue weighted by molar-refractivity contribution is 4.96. The van der Waals surface area contributed by atoms with E-state index in [9.17, 15) is 10.2 Å². The number of rotatable bonds is 2. The van der Waals surface area contributed by atoms with Crippen LogP contribution in [0.2, 0.25) is 0 Å². The van der Waals surface area contributed by atoms with Crippen molar-refractivity contribution in [3.8, 4) is 0 Å². The Morgan fingerprint density at radius 1 is 1.54 bits per heavy atom. The van der Waals surface area contributed by atoms with Crippen LogP contribution >= 0.6 is 0 Å². The molecule has 0 saturated carbocycles. The first-order chi connectivity index (χ1) is 6.06. The zero-order chi connectivity index (χ0) is 10.1. The first-order valence-corrected chi connectivity index (χ1v) is 3.90. The highest BCUT2D eigenvalue weighted by atomic mass is 16.7. The Labute approximate surface area is 75.3 Å². The first kappa shape index (κ1) is 10.8. The summed E-state index contributed by atoms with van der Waals surface area (Å²) < 4.78 is 9.59. The number of hydrogen-bond donors (Lipinski definition) is 4. The van der Waals surface area contributed by atoms with Crippen LogP contribution in [0.5, 0.6) is 0 Å². The van der Waals surface area contributed by atoms with E-state index in [-0.39, 0.29) is 6.61 Å². The lowest BCUT2D eigenvalue weighted by Gasteiger charge is -2.43. The zero-order valence-electron chi connectivity index (χ0n) is 7.25. The van der Waals surface area contributed by atoms with Gasteiger partial charge in [-0.05, 0) is 0 Å². The van der Waals surface area contributed by atoms with Crippen LogP contribution in [0.25, 0.3) is 0 Å². The molecule has 0 aliphatic carbocycles. The van der Waals surface area contributed by atoms with Crippen LogP contribution in [0, 0.1) is 0 Å². The predicted octanol–water partition coefficient (Wildman–Crippen LogP) is -2.57. The molecule has 1 saturated heterocycles. The van der Waals surface area contributed by atoms with Crippen molar-refractivity contribution >= 4 is 0 Å². The molecule has 1 aliphatic rings. The zero-order valence-corrected chi connectivity index (χ0v) is 7.25. The highest BCUT2D eigenvalue weighted by Gasteiger charge is 2.51. The minimum absolute atomic E-state index is 0.137. The Kier molecular flexibility index (Phi) is 3.23. The van der Waals surface area contributed by atoms with Gasteiger partial charge in [0.1, 0.15) is 12.2 Å². The maximum absolute atomic E-state index is 9.67. The molecule has 13 heavy (non-hydrogen) atoms. The third-order valence-electron chi connectivity index (χ3n) is 2.17. The van der Waals surface area contributed by atoms with Crippen LogP contribution in [0.15, 0.2) is 0 Å². The highest BCUT2D eigenvalue weighted by Crippen LogP contribution is 2.26. The Morgan fingerprint density at radius 2 is 2.15 bits per heavy atom. The number of aliphatic hydroxyl groups excluding tert-OH is 3. The molecule has 1 unspecified atom stereocenters. The van der Waals surface area contributed by atoms with Crippen LogP contribution in [-0.2, 0) is 9.47 Å². The van der Waals surface area contributed by atoms with E-state index >= 15 is 0 Å². The second-order valence-corrected chi connectivity index (χ2v) is 3.06. The van der Waals surface area contributed by atoms with Gasteiger partial charge in [-0.3, -0.25) is 0 Å². The third-order valence-corrected chi connectivity index (χ3v) is 2.17. The number of aliphatic hydroxyl groups is 4. The summed E-state index contributed by atoms with van der Waals surface area (Å²) in [6, 6.07) is 0. The van der Waals surface area contributed by atoms with Crippen LogP contribution in [-0.4, -0.2) is 64.8 Å². The summed E-state index contributed by atoms with van der Waals surface area (Å²) in [6.45, 7) is -0.883. The maximum atomic E-state index is 9.67. The van der Waals surface area contributed by atoms with Crippen molar-refractivity contribution in [2.75, 3.05) is 20.3 Å². The van der Waals surface area contributed by atoms with Gasteiger partial charge in [-0.25, -0.2) is 0 Å². The van der Waals surface area contributed by atoms with E-state index in [0.29, 0.717) is 0 Å². The molecule has 78 valence electrons. The smallest absolute Gasteiger partial charge is 0.191 e. The number of methoxy groups -OCH3 is 1. The normalized spacial score (nSPS) is 46.4. The minimum atomic E-state index is -1.97. The fraction of sp³-hybridized carbons (Fsp3) is 1.00. The fourth-order valence-corrected chi connectivity index (χ4v) is 1.33. The second-order valence-electron chi connectivity index (χ2n) is 3.06. The van der Waals surface area contributed by atoms with Crippen molar-refractivity contribution < 1.29 is 29.9 Å². The quantitative estimate of drug-likeness (QED) is 0.386. The van der Waals surface area contributed by atoms with E-state index in [4.69, 9.17) is 19.7 Å². The van der Waals surface area contributed by atoms with Gasteiger partial charge < -0.3 is 29.9 Å². The molecule has 6 nitrogen and oxygen atoms in total. The monoisotopic (exact) mass is 194 g/mol. The summed E-state index contributed by atoms with van der Waals surface area (Å²) >= 11 is 0. The summed E-state index contributed by atoms with van der Waals surface area (Å²) in [6.07, 6.45) is -3.82. The molecule has 1 heterocycles. The van der Waals surface area contributed by atoms with E-state index in [0.717, 1.165) is 0 Å². The van der Waals surface area contributed by atoms with Crippen LogP contribution in [0.1, 0.15) is 0 Å². The van der Waals surface area contributed by atoms with Crippen LogP contribution < -0.4 is 0 Å². The van der Waals surface area contributed by atoms with Gasteiger partial charge in [-0.1, -0.05) is 0 Å². The lowest BCUT2D eigenvalue weighted by Crippen LogP contribution is -2.65. The maximum Gasteiger partial charge on any atom is 0.191 e. The molecule has 0 amide bonds. The van der Waals surface area contributed by atoms with Crippen LogP contribution in [0.4, 0.5) is 0 Å². The standard InChI is InChI=1S/C7H14O6/c1-12-6-7(11,3-8)5(10)4(9)2-13-6/h4-6,8-11H,2-3H2,1H3/t4-,5-,6?,7+/m1/s1. The third kappa shape index (κ3) is 1.69. The van der Waals surface area contributed by atoms with Gasteiger partial charge >= 0.3 is 0 Å². The average molecular weight is 194 g/mol. The van der Waals surface area contributed by atoms with Gasteiger partial charge in [0.2, 0.25) is 0 Å². The minimum Gasteiger partial charge on any atom is -0.393 e. The average Bonchev–Trinajstić information content (AvgIpc) is 2.15. The van der Waals surface area contributed by atoms with Crippen LogP contribution in [0.3, 0.4) is 0 Å². The fourth-order valence-electron chi connectivity index (χ4n) is 1.33. The summed E-state index contributed by atoms with van der Waals surface area (Å²) in [5, 5.41) is 37.1. The van der Waals surface area contributed by atoms with E-state index in [1.165, 1.54) is 7.11 Å². The molecule has 1 fully saturated rings. The molecule has 1 aliphatic heterocycles. The SMILES string of the molecule is COC1OC[C@@H](O)[C@@H](O)[C@@]1(O)CO. The predicted molar refractivity (Wildman–Crippen MR) is 40.8 cm³/mol. The first-order valence-electron chi connectivity index (χ1n) is 3.90. The molecule has 0 aromatic heterocycles. The van der Waals surface area contributed by atoms with Crippen molar-refractivity contribution in [1.29, 1.82) is 0 Å². The molecular formula is C7H14O6. The van der Waals surface area contributed by atoms with E-state index in [1.54, 1.807) is 0 Å². The van der Waals surface area contributed by atoms with Crippen molar-refractivity contribution in [3.05, 3.63) is 0 Å². The topological polar surface area (TPSA) is 99.4 Å². The summed E-state index contributed by atoms with van der Waals surface area (Å²) in [5.74, 6) is 0. The Bertz CT molecular complexity index is 170. The van der Waals surface area contributed by atoms with Gasteiger partial charge in [-0.15, -0.1) is 0 Å². The van der Waals surface area contributed by atoms with Gasteiger partial charge in [0, 0.05) is 7.11 Å². The summed E-state index contributed by atoms with van der Waals surface area (Å²) in [4.78, 5) is 0. The van der Waals surface area contributed by atoms with Crippen molar-refractivity contribution in [2.45, 2.75) is 24.1 Å². The van der Waals surface area contributed by atoms with Gasteiger partial charge in [-0.2, -0.15) is 0 Å². The summed E-state index contributed by atoms with van der Waals surface area (Å²) in [7, 11) is 1.27. The van der Waals surface area contributed by atoms with Crippen molar-refractivity contribution in [1.82, 2.24) is 0 Å². The Morgan fingerprint density at radius 3 is 2.62 bits per heavy atom. The van der Waals surface area contributed by atoms with Gasteiger partial charge in [0.05, 0.1) is 13.2 Å².